The fraction of sp³-hybridized carbons (Fsp3) is 0. The molecule has 0 amide bonds. The third-order valence-electron chi connectivity index (χ3n) is 1.58. The van der Waals surface area contributed by atoms with Crippen molar-refractivity contribution in [2.45, 2.75) is 0 Å². The maximum absolute atomic E-state index is 2.25. The molecular formula is C10H9NaSe. The van der Waals surface area contributed by atoms with Gasteiger partial charge in [-0.25, -0.2) is 0 Å². The third-order valence-corrected chi connectivity index (χ3v) is 3.51. The molecule has 12 heavy (non-hydrogen) atoms. The van der Waals surface area contributed by atoms with Gasteiger partial charge in [-0.05, 0) is 0 Å². The zero-order valence-corrected chi connectivity index (χ0v) is 7.74. The van der Waals surface area contributed by atoms with Crippen molar-refractivity contribution in [3.63, 3.8) is 0 Å². The van der Waals surface area contributed by atoms with E-state index < -0.39 is 0 Å². The summed E-state index contributed by atoms with van der Waals surface area (Å²) >= 11 is 0.571. The summed E-state index contributed by atoms with van der Waals surface area (Å²) in [4.78, 5) is 2.25. The first kappa shape index (κ1) is 10.3. The first-order chi connectivity index (χ1) is 5.47. The molecule has 0 fully saturated rings. The summed E-state index contributed by atoms with van der Waals surface area (Å²) in [5.74, 6) is 0. The summed E-state index contributed by atoms with van der Waals surface area (Å²) in [5.41, 5.74) is 1.37. The molecule has 2 rings (SSSR count). The van der Waals surface area contributed by atoms with Crippen LogP contribution in [0.2, 0.25) is 0 Å². The molecule has 0 aliphatic heterocycles. The molecule has 1 heterocycles. The molecule has 0 bridgehead atoms. The van der Waals surface area contributed by atoms with Crippen LogP contribution < -0.4 is 0 Å². The van der Waals surface area contributed by atoms with Crippen molar-refractivity contribution in [1.29, 1.82) is 0 Å². The minimum atomic E-state index is 0. The normalized spacial score (nSPS) is 9.00. The maximum atomic E-state index is 2.25. The van der Waals surface area contributed by atoms with Crippen molar-refractivity contribution in [2.75, 3.05) is 0 Å². The van der Waals surface area contributed by atoms with Gasteiger partial charge >= 0.3 is 101 Å². The Balaban J connectivity index is 0.000000720. The van der Waals surface area contributed by atoms with E-state index in [1.807, 2.05) is 0 Å². The van der Waals surface area contributed by atoms with Crippen molar-refractivity contribution in [3.8, 4) is 10.0 Å². The molecular weight excluding hydrogens is 222 g/mol. The van der Waals surface area contributed by atoms with Crippen molar-refractivity contribution in [2.24, 2.45) is 0 Å². The van der Waals surface area contributed by atoms with Crippen LogP contribution in [0.3, 0.4) is 0 Å². The summed E-state index contributed by atoms with van der Waals surface area (Å²) in [6.07, 6.45) is 0. The average Bonchev–Trinajstić information content (AvgIpc) is 2.58. The Morgan fingerprint density at radius 2 is 1.58 bits per heavy atom. The summed E-state index contributed by atoms with van der Waals surface area (Å²) in [6, 6.07) is 14.9. The fourth-order valence-electron chi connectivity index (χ4n) is 1.05. The van der Waals surface area contributed by atoms with E-state index in [1.54, 1.807) is 0 Å². The second-order valence-corrected chi connectivity index (χ2v) is 4.33. The predicted octanol–water partition coefficient (Wildman–Crippen LogP) is 1.76. The van der Waals surface area contributed by atoms with Crippen LogP contribution in [0.5, 0.6) is 0 Å². The van der Waals surface area contributed by atoms with Gasteiger partial charge in [0.05, 0.1) is 0 Å². The Kier molecular flexibility index (Phi) is 4.34. The number of rotatable bonds is 1. The molecule has 1 aromatic carbocycles. The van der Waals surface area contributed by atoms with Gasteiger partial charge in [0, 0.05) is 0 Å². The molecule has 56 valence electrons. The zero-order valence-electron chi connectivity index (χ0n) is 6.03. The van der Waals surface area contributed by atoms with E-state index >= 15 is 0 Å². The first-order valence-electron chi connectivity index (χ1n) is 3.56. The van der Waals surface area contributed by atoms with E-state index in [0.717, 1.165) is 0 Å². The van der Waals surface area contributed by atoms with Gasteiger partial charge in [-0.1, -0.05) is 0 Å². The van der Waals surface area contributed by atoms with Crippen molar-refractivity contribution in [1.82, 2.24) is 0 Å². The average molecular weight is 231 g/mol. The first-order valence-corrected chi connectivity index (χ1v) is 5.40. The predicted molar refractivity (Wildman–Crippen MR) is 56.0 cm³/mol. The van der Waals surface area contributed by atoms with Gasteiger partial charge in [0.2, 0.25) is 0 Å². The Labute approximate surface area is 101 Å². The SMILES string of the molecule is [NaH].c1ccc(-c2ccc[se]2)cc1. The molecule has 0 saturated heterocycles. The third kappa shape index (κ3) is 2.35. The molecule has 0 spiro atoms. The molecule has 0 radical (unpaired) electrons. The monoisotopic (exact) mass is 232 g/mol. The van der Waals surface area contributed by atoms with Crippen molar-refractivity contribution < 1.29 is 0 Å². The molecule has 0 aliphatic carbocycles. The fourth-order valence-corrected chi connectivity index (χ4v) is 2.58. The van der Waals surface area contributed by atoms with Crippen molar-refractivity contribution in [3.05, 3.63) is 47.4 Å². The van der Waals surface area contributed by atoms with Gasteiger partial charge in [-0.15, -0.1) is 0 Å². The van der Waals surface area contributed by atoms with Gasteiger partial charge in [0.15, 0.2) is 0 Å². The van der Waals surface area contributed by atoms with E-state index in [2.05, 4.69) is 47.4 Å². The Morgan fingerprint density at radius 1 is 0.833 bits per heavy atom. The van der Waals surface area contributed by atoms with Crippen molar-refractivity contribution >= 4 is 44.1 Å². The van der Waals surface area contributed by atoms with E-state index in [-0.39, 0.29) is 29.6 Å². The van der Waals surface area contributed by atoms with E-state index in [4.69, 9.17) is 0 Å². The van der Waals surface area contributed by atoms with Gasteiger partial charge in [0.1, 0.15) is 0 Å². The second kappa shape index (κ2) is 5.06. The van der Waals surface area contributed by atoms with Crippen LogP contribution in [0.25, 0.3) is 10.0 Å². The minimum absolute atomic E-state index is 0. The number of hydrogen-bond donors (Lipinski definition) is 0. The molecule has 0 saturated carbocycles. The van der Waals surface area contributed by atoms with Gasteiger partial charge in [-0.2, -0.15) is 0 Å². The van der Waals surface area contributed by atoms with Gasteiger partial charge in [0.25, 0.3) is 0 Å². The number of hydrogen-bond acceptors (Lipinski definition) is 0. The molecule has 1 aromatic heterocycles. The number of benzene rings is 1. The van der Waals surface area contributed by atoms with E-state index in [1.165, 1.54) is 10.0 Å². The molecule has 0 aliphatic rings. The summed E-state index contributed by atoms with van der Waals surface area (Å²) in [7, 11) is 0. The molecule has 2 heteroatoms. The van der Waals surface area contributed by atoms with Crippen LogP contribution in [0, 0.1) is 0 Å². The topological polar surface area (TPSA) is 0 Å². The van der Waals surface area contributed by atoms with Crippen LogP contribution in [-0.2, 0) is 0 Å². The molecule has 0 N–H and O–H groups in total. The quantitative estimate of drug-likeness (QED) is 0.656. The summed E-state index contributed by atoms with van der Waals surface area (Å²) < 4.78 is 1.48. The van der Waals surface area contributed by atoms with Crippen LogP contribution >= 0.6 is 0 Å². The summed E-state index contributed by atoms with van der Waals surface area (Å²) in [5, 5.41) is 0. The van der Waals surface area contributed by atoms with Crippen LogP contribution in [0.1, 0.15) is 0 Å². The van der Waals surface area contributed by atoms with Gasteiger partial charge < -0.3 is 0 Å². The standard InChI is InChI=1S/C10H8Se.Na.H/c1-2-5-9(6-3-1)10-7-4-8-11-10;;/h1-8H;;. The van der Waals surface area contributed by atoms with Crippen LogP contribution in [0.4, 0.5) is 0 Å². The molecule has 0 nitrogen and oxygen atoms in total. The zero-order chi connectivity index (χ0) is 7.52. The van der Waals surface area contributed by atoms with Gasteiger partial charge in [-0.3, -0.25) is 0 Å². The van der Waals surface area contributed by atoms with Crippen LogP contribution in [0.15, 0.2) is 47.4 Å². The Hall–Kier alpha value is 0.219. The van der Waals surface area contributed by atoms with Crippen LogP contribution in [-0.4, -0.2) is 44.1 Å². The molecule has 0 atom stereocenters. The molecule has 0 unspecified atom stereocenters. The van der Waals surface area contributed by atoms with E-state index in [0.29, 0.717) is 14.5 Å². The van der Waals surface area contributed by atoms with E-state index in [9.17, 15) is 0 Å². The Bertz CT molecular complexity index is 313. The Morgan fingerprint density at radius 3 is 2.17 bits per heavy atom. The summed E-state index contributed by atoms with van der Waals surface area (Å²) in [6.45, 7) is 0. The molecule has 2 aromatic rings. The second-order valence-electron chi connectivity index (χ2n) is 2.34.